The lowest BCUT2D eigenvalue weighted by atomic mass is 10.0. The Kier molecular flexibility index (Phi) is 4.23. The topological polar surface area (TPSA) is 72.7 Å². The average Bonchev–Trinajstić information content (AvgIpc) is 3.17. The lowest BCUT2D eigenvalue weighted by molar-refractivity contribution is -0.122. The van der Waals surface area contributed by atoms with E-state index in [0.717, 1.165) is 11.4 Å². The first-order valence-electron chi connectivity index (χ1n) is 7.39. The third-order valence-electron chi connectivity index (χ3n) is 3.88. The monoisotopic (exact) mass is 285 g/mol. The first kappa shape index (κ1) is 13.7. The Balaban J connectivity index is 1.51. The van der Waals surface area contributed by atoms with Crippen molar-refractivity contribution in [3.05, 3.63) is 36.4 Å². The standard InChI is InChI=1S/C15H19N5O/c21-15(9-12-3-1-2-4-12)17-10-13-11-20(19-18-13)14-5-7-16-8-6-14/h5-8,11-12H,1-4,9-10H2,(H,17,21). The van der Waals surface area contributed by atoms with Gasteiger partial charge in [-0.3, -0.25) is 9.78 Å². The number of aromatic nitrogens is 4. The molecule has 2 heterocycles. The highest BCUT2D eigenvalue weighted by Crippen LogP contribution is 2.27. The number of hydrogen-bond acceptors (Lipinski definition) is 4. The van der Waals surface area contributed by atoms with E-state index in [-0.39, 0.29) is 5.91 Å². The molecule has 0 aliphatic heterocycles. The van der Waals surface area contributed by atoms with Gasteiger partial charge in [0, 0.05) is 18.8 Å². The summed E-state index contributed by atoms with van der Waals surface area (Å²) < 4.78 is 1.68. The maximum Gasteiger partial charge on any atom is 0.220 e. The van der Waals surface area contributed by atoms with E-state index in [1.54, 1.807) is 17.1 Å². The largest absolute Gasteiger partial charge is 0.350 e. The van der Waals surface area contributed by atoms with Gasteiger partial charge >= 0.3 is 0 Å². The lowest BCUT2D eigenvalue weighted by Crippen LogP contribution is -2.24. The van der Waals surface area contributed by atoms with Gasteiger partial charge < -0.3 is 5.32 Å². The smallest absolute Gasteiger partial charge is 0.220 e. The number of carbonyl (C=O) groups is 1. The second-order valence-corrected chi connectivity index (χ2v) is 5.49. The Labute approximate surface area is 123 Å². The summed E-state index contributed by atoms with van der Waals surface area (Å²) in [6.45, 7) is 0.427. The molecule has 110 valence electrons. The second kappa shape index (κ2) is 6.47. The van der Waals surface area contributed by atoms with Crippen LogP contribution in [0.1, 0.15) is 37.8 Å². The molecule has 21 heavy (non-hydrogen) atoms. The SMILES string of the molecule is O=C(CC1CCCC1)NCc1cn(-c2ccncc2)nn1. The van der Waals surface area contributed by atoms with Crippen molar-refractivity contribution >= 4 is 5.91 Å². The summed E-state index contributed by atoms with van der Waals surface area (Å²) in [5.74, 6) is 0.679. The van der Waals surface area contributed by atoms with Gasteiger partial charge in [0.25, 0.3) is 0 Å². The fourth-order valence-electron chi connectivity index (χ4n) is 2.74. The number of nitrogens with zero attached hydrogens (tertiary/aromatic N) is 4. The minimum absolute atomic E-state index is 0.111. The maximum atomic E-state index is 11.9. The maximum absolute atomic E-state index is 11.9. The van der Waals surface area contributed by atoms with Gasteiger partial charge in [-0.05, 0) is 30.9 Å². The molecule has 6 heteroatoms. The van der Waals surface area contributed by atoms with Gasteiger partial charge in [-0.15, -0.1) is 5.10 Å². The van der Waals surface area contributed by atoms with Crippen molar-refractivity contribution in [1.29, 1.82) is 0 Å². The van der Waals surface area contributed by atoms with Gasteiger partial charge in [0.2, 0.25) is 5.91 Å². The van der Waals surface area contributed by atoms with Crippen molar-refractivity contribution in [2.75, 3.05) is 0 Å². The van der Waals surface area contributed by atoms with E-state index in [4.69, 9.17) is 0 Å². The summed E-state index contributed by atoms with van der Waals surface area (Å²) in [5, 5.41) is 11.1. The van der Waals surface area contributed by atoms with Crippen LogP contribution in [0.2, 0.25) is 0 Å². The quantitative estimate of drug-likeness (QED) is 0.910. The van der Waals surface area contributed by atoms with Crippen LogP contribution >= 0.6 is 0 Å². The van der Waals surface area contributed by atoms with Crippen LogP contribution in [0.15, 0.2) is 30.7 Å². The molecule has 1 N–H and O–H groups in total. The molecule has 0 bridgehead atoms. The molecule has 0 saturated heterocycles. The molecule has 0 spiro atoms. The highest BCUT2D eigenvalue weighted by Gasteiger charge is 2.18. The Hall–Kier alpha value is -2.24. The number of pyridine rings is 1. The Morgan fingerprint density at radius 2 is 2.05 bits per heavy atom. The van der Waals surface area contributed by atoms with Gasteiger partial charge in [0.05, 0.1) is 18.4 Å². The molecule has 1 saturated carbocycles. The van der Waals surface area contributed by atoms with Crippen LogP contribution < -0.4 is 5.32 Å². The van der Waals surface area contributed by atoms with Crippen LogP contribution in [0, 0.1) is 5.92 Å². The molecule has 0 atom stereocenters. The number of amides is 1. The predicted molar refractivity (Wildman–Crippen MR) is 77.6 cm³/mol. The van der Waals surface area contributed by atoms with E-state index in [2.05, 4.69) is 20.6 Å². The van der Waals surface area contributed by atoms with Crippen molar-refractivity contribution in [1.82, 2.24) is 25.3 Å². The molecule has 0 aromatic carbocycles. The molecule has 1 amide bonds. The Morgan fingerprint density at radius 1 is 1.29 bits per heavy atom. The first-order valence-corrected chi connectivity index (χ1v) is 7.39. The molecule has 0 unspecified atom stereocenters. The molecule has 1 aliphatic carbocycles. The summed E-state index contributed by atoms with van der Waals surface area (Å²) in [4.78, 5) is 15.8. The molecule has 3 rings (SSSR count). The summed E-state index contributed by atoms with van der Waals surface area (Å²) >= 11 is 0. The fraction of sp³-hybridized carbons (Fsp3) is 0.467. The van der Waals surface area contributed by atoms with Crippen molar-refractivity contribution in [3.63, 3.8) is 0 Å². The zero-order chi connectivity index (χ0) is 14.5. The molecule has 6 nitrogen and oxygen atoms in total. The summed E-state index contributed by atoms with van der Waals surface area (Å²) in [7, 11) is 0. The van der Waals surface area contributed by atoms with Crippen molar-refractivity contribution in [2.24, 2.45) is 5.92 Å². The lowest BCUT2D eigenvalue weighted by Gasteiger charge is -2.08. The zero-order valence-corrected chi connectivity index (χ0v) is 11.9. The summed E-state index contributed by atoms with van der Waals surface area (Å²) in [6.07, 6.45) is 10.8. The van der Waals surface area contributed by atoms with Gasteiger partial charge in [-0.1, -0.05) is 18.1 Å². The molecular weight excluding hydrogens is 266 g/mol. The average molecular weight is 285 g/mol. The fourth-order valence-corrected chi connectivity index (χ4v) is 2.74. The molecular formula is C15H19N5O. The molecule has 1 aliphatic rings. The number of rotatable bonds is 5. The van der Waals surface area contributed by atoms with Crippen LogP contribution in [-0.4, -0.2) is 25.9 Å². The minimum atomic E-state index is 0.111. The third kappa shape index (κ3) is 3.65. The Bertz CT molecular complexity index is 589. The molecule has 2 aromatic heterocycles. The zero-order valence-electron chi connectivity index (χ0n) is 11.9. The van der Waals surface area contributed by atoms with E-state index in [0.29, 0.717) is 18.9 Å². The van der Waals surface area contributed by atoms with Gasteiger partial charge in [-0.25, -0.2) is 4.68 Å². The summed E-state index contributed by atoms with van der Waals surface area (Å²) in [6, 6.07) is 3.72. The van der Waals surface area contributed by atoms with Gasteiger partial charge in [0.15, 0.2) is 0 Å². The van der Waals surface area contributed by atoms with Crippen molar-refractivity contribution in [2.45, 2.75) is 38.6 Å². The van der Waals surface area contributed by atoms with Crippen LogP contribution in [0.4, 0.5) is 0 Å². The number of hydrogen-bond donors (Lipinski definition) is 1. The molecule has 0 radical (unpaired) electrons. The van der Waals surface area contributed by atoms with Crippen LogP contribution in [0.5, 0.6) is 0 Å². The normalized spacial score (nSPS) is 15.2. The van der Waals surface area contributed by atoms with Gasteiger partial charge in [0.1, 0.15) is 5.69 Å². The van der Waals surface area contributed by atoms with E-state index >= 15 is 0 Å². The third-order valence-corrected chi connectivity index (χ3v) is 3.88. The van der Waals surface area contributed by atoms with Crippen LogP contribution in [0.25, 0.3) is 5.69 Å². The van der Waals surface area contributed by atoms with Crippen LogP contribution in [-0.2, 0) is 11.3 Å². The Morgan fingerprint density at radius 3 is 2.81 bits per heavy atom. The highest BCUT2D eigenvalue weighted by molar-refractivity contribution is 5.76. The van der Waals surface area contributed by atoms with Crippen molar-refractivity contribution in [3.8, 4) is 5.69 Å². The van der Waals surface area contributed by atoms with Crippen LogP contribution in [0.3, 0.4) is 0 Å². The number of nitrogens with one attached hydrogen (secondary N) is 1. The van der Waals surface area contributed by atoms with Gasteiger partial charge in [-0.2, -0.15) is 0 Å². The predicted octanol–water partition coefficient (Wildman–Crippen LogP) is 1.86. The van der Waals surface area contributed by atoms with E-state index in [1.165, 1.54) is 25.7 Å². The second-order valence-electron chi connectivity index (χ2n) is 5.49. The first-order chi connectivity index (χ1) is 10.3. The number of carbonyl (C=O) groups excluding carboxylic acids is 1. The van der Waals surface area contributed by atoms with E-state index < -0.39 is 0 Å². The highest BCUT2D eigenvalue weighted by atomic mass is 16.1. The minimum Gasteiger partial charge on any atom is -0.350 e. The molecule has 1 fully saturated rings. The summed E-state index contributed by atoms with van der Waals surface area (Å²) in [5.41, 5.74) is 1.66. The van der Waals surface area contributed by atoms with E-state index in [1.807, 2.05) is 18.3 Å². The molecule has 2 aromatic rings. The van der Waals surface area contributed by atoms with Crippen molar-refractivity contribution < 1.29 is 4.79 Å². The van der Waals surface area contributed by atoms with E-state index in [9.17, 15) is 4.79 Å².